The highest BCUT2D eigenvalue weighted by Crippen LogP contribution is 2.24. The minimum Gasteiger partial charge on any atom is -0.497 e. The van der Waals surface area contributed by atoms with Crippen molar-refractivity contribution in [1.82, 2.24) is 0 Å². The van der Waals surface area contributed by atoms with Crippen LogP contribution in [0, 0.1) is 13.8 Å². The molecule has 0 aromatic heterocycles. The van der Waals surface area contributed by atoms with Gasteiger partial charge in [-0.2, -0.15) is 0 Å². The van der Waals surface area contributed by atoms with Crippen LogP contribution < -0.4 is 10.1 Å². The number of nitrogens with one attached hydrogen (secondary N) is 1. The molecule has 0 atom stereocenters. The van der Waals surface area contributed by atoms with Crippen LogP contribution in [0.3, 0.4) is 0 Å². The highest BCUT2D eigenvalue weighted by atomic mass is 79.9. The molecule has 1 amide bonds. The SMILES string of the molecule is COc1ccc(CC(=O)OCC(=O)Nc2cc(C)c(Br)cc2C)cc1. The molecule has 0 heterocycles. The molecule has 2 aromatic rings. The average molecular weight is 406 g/mol. The number of carbonyl (C=O) groups excluding carboxylic acids is 2. The summed E-state index contributed by atoms with van der Waals surface area (Å²) in [5.41, 5.74) is 3.44. The molecule has 0 saturated carbocycles. The Morgan fingerprint density at radius 3 is 2.40 bits per heavy atom. The van der Waals surface area contributed by atoms with Crippen molar-refractivity contribution in [1.29, 1.82) is 0 Å². The zero-order valence-corrected chi connectivity index (χ0v) is 16.0. The van der Waals surface area contributed by atoms with E-state index in [1.807, 2.05) is 26.0 Å². The monoisotopic (exact) mass is 405 g/mol. The first-order valence-electron chi connectivity index (χ1n) is 7.74. The molecule has 5 nitrogen and oxygen atoms in total. The van der Waals surface area contributed by atoms with E-state index in [0.29, 0.717) is 5.69 Å². The van der Waals surface area contributed by atoms with Gasteiger partial charge >= 0.3 is 5.97 Å². The molecular formula is C19H20BrNO4. The Hall–Kier alpha value is -2.34. The number of halogens is 1. The molecule has 0 radical (unpaired) electrons. The van der Waals surface area contributed by atoms with Gasteiger partial charge in [-0.15, -0.1) is 0 Å². The van der Waals surface area contributed by atoms with Gasteiger partial charge in [-0.05, 0) is 54.8 Å². The van der Waals surface area contributed by atoms with Gasteiger partial charge < -0.3 is 14.8 Å². The molecule has 1 N–H and O–H groups in total. The number of carbonyl (C=O) groups is 2. The van der Waals surface area contributed by atoms with Crippen LogP contribution in [0.5, 0.6) is 5.75 Å². The number of benzene rings is 2. The minimum atomic E-state index is -0.455. The molecular weight excluding hydrogens is 386 g/mol. The summed E-state index contributed by atoms with van der Waals surface area (Å²) in [5.74, 6) is -0.103. The zero-order valence-electron chi connectivity index (χ0n) is 14.4. The van der Waals surface area contributed by atoms with E-state index in [4.69, 9.17) is 9.47 Å². The van der Waals surface area contributed by atoms with Crippen LogP contribution in [0.15, 0.2) is 40.9 Å². The number of amides is 1. The fourth-order valence-electron chi connectivity index (χ4n) is 2.21. The standard InChI is InChI=1S/C19H20BrNO4/c1-12-9-17(13(2)8-16(12)20)21-18(22)11-25-19(23)10-14-4-6-15(24-3)7-5-14/h4-9H,10-11H2,1-3H3,(H,21,22). The summed E-state index contributed by atoms with van der Waals surface area (Å²) in [5, 5.41) is 2.76. The predicted octanol–water partition coefficient (Wildman–Crippen LogP) is 3.80. The van der Waals surface area contributed by atoms with Gasteiger partial charge in [0.2, 0.25) is 0 Å². The van der Waals surface area contributed by atoms with Gasteiger partial charge in [0.05, 0.1) is 13.5 Å². The van der Waals surface area contributed by atoms with E-state index in [-0.39, 0.29) is 18.9 Å². The van der Waals surface area contributed by atoms with Crippen LogP contribution in [0.4, 0.5) is 5.69 Å². The number of esters is 1. The van der Waals surface area contributed by atoms with Crippen LogP contribution >= 0.6 is 15.9 Å². The molecule has 2 aromatic carbocycles. The van der Waals surface area contributed by atoms with Crippen LogP contribution in [0.1, 0.15) is 16.7 Å². The number of ether oxygens (including phenoxy) is 2. The predicted molar refractivity (Wildman–Crippen MR) is 99.9 cm³/mol. The quantitative estimate of drug-likeness (QED) is 0.742. The molecule has 0 saturated heterocycles. The maximum absolute atomic E-state index is 12.0. The second-order valence-electron chi connectivity index (χ2n) is 5.65. The third-order valence-electron chi connectivity index (χ3n) is 3.65. The molecule has 0 aliphatic rings. The fraction of sp³-hybridized carbons (Fsp3) is 0.263. The van der Waals surface area contributed by atoms with Crippen LogP contribution in [-0.4, -0.2) is 25.6 Å². The van der Waals surface area contributed by atoms with Crippen molar-refractivity contribution in [3.63, 3.8) is 0 Å². The molecule has 0 fully saturated rings. The number of rotatable bonds is 6. The van der Waals surface area contributed by atoms with Gasteiger partial charge in [0, 0.05) is 10.2 Å². The number of aryl methyl sites for hydroxylation is 2. The lowest BCUT2D eigenvalue weighted by atomic mass is 10.1. The summed E-state index contributed by atoms with van der Waals surface area (Å²) in [6, 6.07) is 10.9. The zero-order chi connectivity index (χ0) is 18.4. The van der Waals surface area contributed by atoms with E-state index < -0.39 is 5.97 Å². The van der Waals surface area contributed by atoms with Gasteiger partial charge in [-0.25, -0.2) is 0 Å². The highest BCUT2D eigenvalue weighted by Gasteiger charge is 2.11. The first-order valence-corrected chi connectivity index (χ1v) is 8.53. The lowest BCUT2D eigenvalue weighted by Crippen LogP contribution is -2.22. The first kappa shape index (κ1) is 19.0. The Balaban J connectivity index is 1.84. The van der Waals surface area contributed by atoms with E-state index in [1.165, 1.54) is 0 Å². The van der Waals surface area contributed by atoms with Gasteiger partial charge in [0.1, 0.15) is 5.75 Å². The fourth-order valence-corrected chi connectivity index (χ4v) is 2.67. The summed E-state index contributed by atoms with van der Waals surface area (Å²) in [6.45, 7) is 3.52. The molecule has 0 spiro atoms. The number of anilines is 1. The van der Waals surface area contributed by atoms with Crippen molar-refractivity contribution < 1.29 is 19.1 Å². The highest BCUT2D eigenvalue weighted by molar-refractivity contribution is 9.10. The third-order valence-corrected chi connectivity index (χ3v) is 4.51. The van der Waals surface area contributed by atoms with Crippen molar-refractivity contribution in [2.45, 2.75) is 20.3 Å². The smallest absolute Gasteiger partial charge is 0.310 e. The van der Waals surface area contributed by atoms with E-state index in [2.05, 4.69) is 21.2 Å². The Bertz CT molecular complexity index is 772. The Labute approximate surface area is 155 Å². The maximum Gasteiger partial charge on any atom is 0.310 e. The number of methoxy groups -OCH3 is 1. The second kappa shape index (κ2) is 8.67. The van der Waals surface area contributed by atoms with Crippen LogP contribution in [0.2, 0.25) is 0 Å². The summed E-state index contributed by atoms with van der Waals surface area (Å²) in [4.78, 5) is 23.8. The number of hydrogen-bond acceptors (Lipinski definition) is 4. The Kier molecular flexibility index (Phi) is 6.58. The van der Waals surface area contributed by atoms with Crippen molar-refractivity contribution in [3.05, 3.63) is 57.6 Å². The Morgan fingerprint density at radius 1 is 1.08 bits per heavy atom. The second-order valence-corrected chi connectivity index (χ2v) is 6.50. The average Bonchev–Trinajstić information content (AvgIpc) is 2.58. The van der Waals surface area contributed by atoms with E-state index in [1.54, 1.807) is 31.4 Å². The molecule has 0 bridgehead atoms. The van der Waals surface area contributed by atoms with E-state index in [0.717, 1.165) is 26.9 Å². The van der Waals surface area contributed by atoms with Crippen molar-refractivity contribution in [3.8, 4) is 5.75 Å². The lowest BCUT2D eigenvalue weighted by molar-refractivity contribution is -0.146. The molecule has 0 aliphatic heterocycles. The topological polar surface area (TPSA) is 64.6 Å². The largest absolute Gasteiger partial charge is 0.497 e. The lowest BCUT2D eigenvalue weighted by Gasteiger charge is -2.11. The summed E-state index contributed by atoms with van der Waals surface area (Å²) in [6.07, 6.45) is 0.105. The summed E-state index contributed by atoms with van der Waals surface area (Å²) >= 11 is 3.45. The van der Waals surface area contributed by atoms with Gasteiger partial charge in [-0.1, -0.05) is 28.1 Å². The molecule has 0 unspecified atom stereocenters. The molecule has 2 rings (SSSR count). The van der Waals surface area contributed by atoms with E-state index >= 15 is 0 Å². The molecule has 0 aliphatic carbocycles. The Morgan fingerprint density at radius 2 is 1.76 bits per heavy atom. The van der Waals surface area contributed by atoms with E-state index in [9.17, 15) is 9.59 Å². The van der Waals surface area contributed by atoms with Gasteiger partial charge in [-0.3, -0.25) is 9.59 Å². The normalized spacial score (nSPS) is 10.2. The number of hydrogen-bond donors (Lipinski definition) is 1. The summed E-state index contributed by atoms with van der Waals surface area (Å²) in [7, 11) is 1.58. The minimum absolute atomic E-state index is 0.105. The van der Waals surface area contributed by atoms with Gasteiger partial charge in [0.15, 0.2) is 6.61 Å². The maximum atomic E-state index is 12.0. The first-order chi connectivity index (χ1) is 11.9. The van der Waals surface area contributed by atoms with Crippen LogP contribution in [-0.2, 0) is 20.7 Å². The van der Waals surface area contributed by atoms with Crippen LogP contribution in [0.25, 0.3) is 0 Å². The molecule has 25 heavy (non-hydrogen) atoms. The van der Waals surface area contributed by atoms with Gasteiger partial charge in [0.25, 0.3) is 5.91 Å². The van der Waals surface area contributed by atoms with Crippen molar-refractivity contribution >= 4 is 33.5 Å². The molecule has 6 heteroatoms. The van der Waals surface area contributed by atoms with Crippen molar-refractivity contribution in [2.75, 3.05) is 19.0 Å². The third kappa shape index (κ3) is 5.60. The van der Waals surface area contributed by atoms with Crippen molar-refractivity contribution in [2.24, 2.45) is 0 Å². The summed E-state index contributed by atoms with van der Waals surface area (Å²) < 4.78 is 11.1. The molecule has 132 valence electrons.